The highest BCUT2D eigenvalue weighted by Gasteiger charge is 2.57. The van der Waals surface area contributed by atoms with E-state index in [9.17, 15) is 4.79 Å². The number of amides is 1. The van der Waals surface area contributed by atoms with Crippen molar-refractivity contribution >= 4 is 30.7 Å². The highest BCUT2D eigenvalue weighted by molar-refractivity contribution is 5.85. The summed E-state index contributed by atoms with van der Waals surface area (Å²) in [4.78, 5) is 14.9. The van der Waals surface area contributed by atoms with Crippen LogP contribution in [0.2, 0.25) is 0 Å². The van der Waals surface area contributed by atoms with Gasteiger partial charge in [-0.15, -0.1) is 24.8 Å². The molecule has 2 aliphatic heterocycles. The quantitative estimate of drug-likeness (QED) is 0.673. The molecule has 0 radical (unpaired) electrons. The molecule has 2 heterocycles. The van der Waals surface area contributed by atoms with Crippen molar-refractivity contribution in [1.29, 1.82) is 0 Å². The monoisotopic (exact) mass is 445 g/mol. The van der Waals surface area contributed by atoms with E-state index in [0.29, 0.717) is 18.6 Å². The minimum absolute atomic E-state index is 0. The highest BCUT2D eigenvalue weighted by Crippen LogP contribution is 2.58. The second-order valence-electron chi connectivity index (χ2n) is 8.04. The number of rotatable bonds is 7. The molecule has 1 aromatic carbocycles. The van der Waals surface area contributed by atoms with Gasteiger partial charge in [-0.25, -0.2) is 0 Å². The topological polar surface area (TPSA) is 62.8 Å². The van der Waals surface area contributed by atoms with Gasteiger partial charge in [-0.3, -0.25) is 9.69 Å². The summed E-state index contributed by atoms with van der Waals surface area (Å²) in [5.41, 5.74) is 1.38. The summed E-state index contributed by atoms with van der Waals surface area (Å²) in [5.74, 6) is 1.30. The molecule has 1 amide bonds. The highest BCUT2D eigenvalue weighted by atomic mass is 35.5. The van der Waals surface area contributed by atoms with Gasteiger partial charge < -0.3 is 20.1 Å². The molecule has 2 saturated heterocycles. The van der Waals surface area contributed by atoms with Crippen molar-refractivity contribution in [2.45, 2.75) is 25.8 Å². The van der Waals surface area contributed by atoms with Gasteiger partial charge in [-0.1, -0.05) is 12.1 Å². The maximum Gasteiger partial charge on any atom is 0.223 e. The summed E-state index contributed by atoms with van der Waals surface area (Å²) < 4.78 is 11.3. The van der Waals surface area contributed by atoms with Crippen LogP contribution in [0.3, 0.4) is 0 Å². The van der Waals surface area contributed by atoms with Crippen LogP contribution in [0.1, 0.15) is 24.8 Å². The molecule has 0 aromatic heterocycles. The zero-order valence-electron chi connectivity index (χ0n) is 16.9. The van der Waals surface area contributed by atoms with Crippen molar-refractivity contribution in [3.05, 3.63) is 29.8 Å². The van der Waals surface area contributed by atoms with Crippen molar-refractivity contribution in [1.82, 2.24) is 15.5 Å². The third-order valence-electron chi connectivity index (χ3n) is 6.25. The van der Waals surface area contributed by atoms with E-state index in [1.54, 1.807) is 0 Å². The fraction of sp³-hybridized carbons (Fsp3) is 0.667. The number of ether oxygens (including phenoxy) is 2. The fourth-order valence-electron chi connectivity index (χ4n) is 4.37. The van der Waals surface area contributed by atoms with Crippen LogP contribution in [0.4, 0.5) is 0 Å². The molecular weight excluding hydrogens is 413 g/mol. The number of morpholine rings is 1. The van der Waals surface area contributed by atoms with Crippen molar-refractivity contribution in [2.75, 3.05) is 52.5 Å². The van der Waals surface area contributed by atoms with Gasteiger partial charge in [-0.2, -0.15) is 0 Å². The Balaban J connectivity index is 0.00000150. The van der Waals surface area contributed by atoms with Gasteiger partial charge in [0.25, 0.3) is 0 Å². The Bertz CT molecular complexity index is 650. The van der Waals surface area contributed by atoms with Crippen molar-refractivity contribution in [3.63, 3.8) is 0 Å². The van der Waals surface area contributed by atoms with Gasteiger partial charge in [0.15, 0.2) is 0 Å². The van der Waals surface area contributed by atoms with Gasteiger partial charge in [-0.05, 0) is 55.5 Å². The Morgan fingerprint density at radius 2 is 2.00 bits per heavy atom. The Hall–Kier alpha value is -1.05. The van der Waals surface area contributed by atoms with Gasteiger partial charge in [0.05, 0.1) is 13.2 Å². The number of halogens is 2. The van der Waals surface area contributed by atoms with Crippen molar-refractivity contribution in [3.8, 4) is 5.75 Å². The first kappa shape index (κ1) is 24.2. The zero-order chi connectivity index (χ0) is 18.5. The number of carbonyl (C=O) groups excluding carboxylic acids is 1. The maximum absolute atomic E-state index is 12.5. The summed E-state index contributed by atoms with van der Waals surface area (Å²) in [6.07, 6.45) is 3.33. The first-order chi connectivity index (χ1) is 13.3. The van der Waals surface area contributed by atoms with Crippen LogP contribution in [-0.2, 0) is 16.1 Å². The Morgan fingerprint density at radius 1 is 1.24 bits per heavy atom. The van der Waals surface area contributed by atoms with Crippen LogP contribution in [0, 0.1) is 11.3 Å². The molecule has 1 atom stereocenters. The molecule has 8 heteroatoms. The molecule has 1 aromatic rings. The van der Waals surface area contributed by atoms with Crippen LogP contribution in [0.5, 0.6) is 5.75 Å². The number of benzene rings is 1. The van der Waals surface area contributed by atoms with E-state index in [1.807, 2.05) is 24.3 Å². The van der Waals surface area contributed by atoms with Crippen LogP contribution < -0.4 is 15.4 Å². The molecule has 1 aliphatic carbocycles. The Kier molecular flexibility index (Phi) is 9.50. The molecule has 3 aliphatic rings. The molecule has 6 nitrogen and oxygen atoms in total. The van der Waals surface area contributed by atoms with Crippen molar-refractivity contribution in [2.24, 2.45) is 11.3 Å². The minimum atomic E-state index is 0. The zero-order valence-corrected chi connectivity index (χ0v) is 18.5. The smallest absolute Gasteiger partial charge is 0.223 e. The predicted molar refractivity (Wildman–Crippen MR) is 118 cm³/mol. The lowest BCUT2D eigenvalue weighted by Gasteiger charge is -2.26. The molecule has 1 spiro atoms. The van der Waals surface area contributed by atoms with Crippen LogP contribution in [0.15, 0.2) is 24.3 Å². The van der Waals surface area contributed by atoms with E-state index in [2.05, 4.69) is 15.5 Å². The first-order valence-electron chi connectivity index (χ1n) is 10.3. The van der Waals surface area contributed by atoms with Gasteiger partial charge in [0.1, 0.15) is 12.4 Å². The number of nitrogens with one attached hydrogen (secondary N) is 2. The molecular formula is C21H33Cl2N3O3. The second kappa shape index (κ2) is 11.4. The third kappa shape index (κ3) is 6.46. The number of hydrogen-bond donors (Lipinski definition) is 2. The fourth-order valence-corrected chi connectivity index (χ4v) is 4.37. The summed E-state index contributed by atoms with van der Waals surface area (Å²) >= 11 is 0. The number of carbonyl (C=O) groups is 1. The number of piperidine rings is 1. The average molecular weight is 446 g/mol. The van der Waals surface area contributed by atoms with E-state index in [4.69, 9.17) is 9.47 Å². The molecule has 1 unspecified atom stereocenters. The van der Waals surface area contributed by atoms with E-state index < -0.39 is 0 Å². The normalized spacial score (nSPS) is 22.8. The maximum atomic E-state index is 12.5. The molecule has 29 heavy (non-hydrogen) atoms. The molecule has 2 N–H and O–H groups in total. The van der Waals surface area contributed by atoms with Gasteiger partial charge in [0, 0.05) is 32.1 Å². The van der Waals surface area contributed by atoms with E-state index in [1.165, 1.54) is 0 Å². The van der Waals surface area contributed by atoms with Crippen LogP contribution in [-0.4, -0.2) is 63.4 Å². The molecule has 164 valence electrons. The summed E-state index contributed by atoms with van der Waals surface area (Å²) in [7, 11) is 0. The predicted octanol–water partition coefficient (Wildman–Crippen LogP) is 2.25. The summed E-state index contributed by atoms with van der Waals surface area (Å²) in [6, 6.07) is 8.06. The second-order valence-corrected chi connectivity index (χ2v) is 8.04. The Labute approximate surface area is 185 Å². The lowest BCUT2D eigenvalue weighted by atomic mass is 9.92. The third-order valence-corrected chi connectivity index (χ3v) is 6.25. The first-order valence-corrected chi connectivity index (χ1v) is 10.3. The van der Waals surface area contributed by atoms with Crippen LogP contribution >= 0.6 is 24.8 Å². The number of nitrogens with zero attached hydrogens (tertiary/aromatic N) is 1. The summed E-state index contributed by atoms with van der Waals surface area (Å²) in [6.45, 7) is 7.85. The minimum Gasteiger partial charge on any atom is -0.492 e. The lowest BCUT2D eigenvalue weighted by Crippen LogP contribution is -2.38. The van der Waals surface area contributed by atoms with Crippen molar-refractivity contribution < 1.29 is 14.3 Å². The van der Waals surface area contributed by atoms with E-state index >= 15 is 0 Å². The summed E-state index contributed by atoms with van der Waals surface area (Å²) in [5, 5.41) is 6.52. The SMILES string of the molecule is Cl.Cl.O=C(NCc1cccc(OCCN2CCOCC2)c1)C1CC12CCNCC2. The lowest BCUT2D eigenvalue weighted by molar-refractivity contribution is -0.123. The molecule has 4 rings (SSSR count). The van der Waals surface area contributed by atoms with Gasteiger partial charge in [0.2, 0.25) is 5.91 Å². The standard InChI is InChI=1S/C21H31N3O3.2ClH/c25-20(19-15-21(19)4-6-22-7-5-21)23-16-17-2-1-3-18(14-17)27-13-10-24-8-11-26-12-9-24;;/h1-3,14,19,22H,4-13,15-16H2,(H,23,25);2*1H. The van der Waals surface area contributed by atoms with Crippen LogP contribution in [0.25, 0.3) is 0 Å². The van der Waals surface area contributed by atoms with E-state index in [0.717, 1.165) is 76.5 Å². The largest absolute Gasteiger partial charge is 0.492 e. The van der Waals surface area contributed by atoms with E-state index in [-0.39, 0.29) is 36.6 Å². The number of hydrogen-bond acceptors (Lipinski definition) is 5. The molecule has 0 bridgehead atoms. The van der Waals surface area contributed by atoms with Gasteiger partial charge >= 0.3 is 0 Å². The molecule has 3 fully saturated rings. The Morgan fingerprint density at radius 3 is 2.76 bits per heavy atom. The molecule has 1 saturated carbocycles. The average Bonchev–Trinajstić information content (AvgIpc) is 3.40.